The van der Waals surface area contributed by atoms with Crippen molar-refractivity contribution in [1.29, 1.82) is 0 Å². The molecule has 0 N–H and O–H groups in total. The number of esters is 1. The van der Waals surface area contributed by atoms with Gasteiger partial charge in [0.2, 0.25) is 0 Å². The molecule has 0 heterocycles. The van der Waals surface area contributed by atoms with Crippen molar-refractivity contribution in [3.8, 4) is 11.5 Å². The first-order chi connectivity index (χ1) is 12.4. The molecule has 0 saturated heterocycles. The molecule has 6 nitrogen and oxygen atoms in total. The first-order valence-corrected chi connectivity index (χ1v) is 9.82. The first kappa shape index (κ1) is 19.9. The van der Waals surface area contributed by atoms with Crippen LogP contribution < -0.4 is 9.47 Å². The maximum absolute atomic E-state index is 12.1. The van der Waals surface area contributed by atoms with Crippen molar-refractivity contribution in [2.24, 2.45) is 0 Å². The Morgan fingerprint density at radius 2 is 1.54 bits per heavy atom. The molecule has 0 aliphatic heterocycles. The fraction of sp³-hybridized carbons (Fsp3) is 0.316. The van der Waals surface area contributed by atoms with E-state index in [9.17, 15) is 17.8 Å². The summed E-state index contributed by atoms with van der Waals surface area (Å²) in [6, 6.07) is 11.3. The molecule has 7 heteroatoms. The third-order valence-corrected chi connectivity index (χ3v) is 4.53. The molecule has 0 spiro atoms. The molecule has 0 fully saturated rings. The maximum atomic E-state index is 12.1. The zero-order chi connectivity index (χ0) is 19.0. The molecule has 0 saturated carbocycles. The second kappa shape index (κ2) is 9.35. The summed E-state index contributed by atoms with van der Waals surface area (Å²) in [6.07, 6.45) is 4.49. The highest BCUT2D eigenvalue weighted by molar-refractivity contribution is 7.85. The smallest absolute Gasteiger partial charge is 0.343 e. The average Bonchev–Trinajstić information content (AvgIpc) is 2.62. The molecule has 2 rings (SSSR count). The molecule has 0 aliphatic rings. The van der Waals surface area contributed by atoms with E-state index >= 15 is 0 Å². The monoisotopic (exact) mass is 377 g/mol. The van der Waals surface area contributed by atoms with Gasteiger partial charge in [0.1, 0.15) is 21.6 Å². The molecular weight excluding hydrogens is 356 g/mol. The minimum Gasteiger partial charge on any atom is -0.744 e. The highest BCUT2D eigenvalue weighted by Crippen LogP contribution is 2.18. The molecule has 0 radical (unpaired) electrons. The predicted molar refractivity (Wildman–Crippen MR) is 95.4 cm³/mol. The van der Waals surface area contributed by atoms with E-state index in [1.54, 1.807) is 24.3 Å². The number of hydrogen-bond acceptors (Lipinski definition) is 6. The van der Waals surface area contributed by atoms with E-state index in [4.69, 9.17) is 9.47 Å². The van der Waals surface area contributed by atoms with Gasteiger partial charge in [0.05, 0.1) is 17.1 Å². The minimum absolute atomic E-state index is 0.152. The molecule has 0 amide bonds. The summed E-state index contributed by atoms with van der Waals surface area (Å²) in [5.74, 6) is 0.249. The minimum atomic E-state index is -4.52. The average molecular weight is 377 g/mol. The van der Waals surface area contributed by atoms with Crippen LogP contribution in [0.3, 0.4) is 0 Å². The molecule has 0 unspecified atom stereocenters. The lowest BCUT2D eigenvalue weighted by Crippen LogP contribution is -2.08. The Hall–Kier alpha value is -2.38. The number of unbranched alkanes of at least 4 members (excludes halogenated alkanes) is 3. The molecule has 0 aliphatic carbocycles. The number of carbonyl (C=O) groups is 1. The Morgan fingerprint density at radius 3 is 2.12 bits per heavy atom. The van der Waals surface area contributed by atoms with Gasteiger partial charge in [0, 0.05) is 0 Å². The van der Waals surface area contributed by atoms with Crippen molar-refractivity contribution < 1.29 is 27.2 Å². The lowest BCUT2D eigenvalue weighted by atomic mass is 10.2. The molecular formula is C19H21O6S-. The Balaban J connectivity index is 1.89. The summed E-state index contributed by atoms with van der Waals surface area (Å²) in [7, 11) is -4.52. The van der Waals surface area contributed by atoms with Crippen LogP contribution in [0.15, 0.2) is 53.4 Å². The van der Waals surface area contributed by atoms with Crippen LogP contribution in [-0.4, -0.2) is 25.5 Å². The summed E-state index contributed by atoms with van der Waals surface area (Å²) in [6.45, 7) is 2.79. The summed E-state index contributed by atoms with van der Waals surface area (Å²) in [5, 5.41) is 0. The molecule has 2 aromatic rings. The van der Waals surface area contributed by atoms with Crippen LogP contribution in [0.1, 0.15) is 43.0 Å². The number of hydrogen-bond donors (Lipinski definition) is 0. The van der Waals surface area contributed by atoms with Crippen LogP contribution >= 0.6 is 0 Å². The van der Waals surface area contributed by atoms with Crippen LogP contribution in [-0.2, 0) is 10.1 Å². The van der Waals surface area contributed by atoms with Crippen molar-refractivity contribution in [2.75, 3.05) is 6.61 Å². The van der Waals surface area contributed by atoms with Crippen LogP contribution in [0, 0.1) is 0 Å². The van der Waals surface area contributed by atoms with Crippen molar-refractivity contribution in [3.63, 3.8) is 0 Å². The topological polar surface area (TPSA) is 92.7 Å². The van der Waals surface area contributed by atoms with Crippen molar-refractivity contribution in [2.45, 2.75) is 37.5 Å². The van der Waals surface area contributed by atoms with Gasteiger partial charge in [-0.25, -0.2) is 13.2 Å². The zero-order valence-corrected chi connectivity index (χ0v) is 15.3. The van der Waals surface area contributed by atoms with Gasteiger partial charge < -0.3 is 14.0 Å². The second-order valence-corrected chi connectivity index (χ2v) is 7.13. The second-order valence-electron chi connectivity index (χ2n) is 5.75. The van der Waals surface area contributed by atoms with Crippen LogP contribution in [0.25, 0.3) is 0 Å². The molecule has 0 bridgehead atoms. The highest BCUT2D eigenvalue weighted by Gasteiger charge is 2.09. The lowest BCUT2D eigenvalue weighted by Gasteiger charge is -2.09. The molecule has 0 atom stereocenters. The van der Waals surface area contributed by atoms with E-state index in [1.165, 1.54) is 25.0 Å². The van der Waals surface area contributed by atoms with Crippen LogP contribution in [0.4, 0.5) is 0 Å². The molecule has 26 heavy (non-hydrogen) atoms. The van der Waals surface area contributed by atoms with Gasteiger partial charge in [0.25, 0.3) is 0 Å². The standard InChI is InChI=1S/C19H22O6S/c1-2-3-4-5-14-24-16-8-6-15(7-9-16)19(20)25-17-10-12-18(13-11-17)26(21,22)23/h6-13H,2-5,14H2,1H3,(H,21,22,23)/p-1. The van der Waals surface area contributed by atoms with Gasteiger partial charge in [-0.15, -0.1) is 0 Å². The van der Waals surface area contributed by atoms with Gasteiger partial charge in [0.15, 0.2) is 0 Å². The lowest BCUT2D eigenvalue weighted by molar-refractivity contribution is 0.0734. The number of benzene rings is 2. The third kappa shape index (κ3) is 6.16. The van der Waals surface area contributed by atoms with E-state index < -0.39 is 16.1 Å². The van der Waals surface area contributed by atoms with E-state index in [1.807, 2.05) is 0 Å². The van der Waals surface area contributed by atoms with E-state index in [0.29, 0.717) is 17.9 Å². The van der Waals surface area contributed by atoms with Gasteiger partial charge in [-0.05, 0) is 55.0 Å². The molecule has 2 aromatic carbocycles. The molecule has 0 aromatic heterocycles. The van der Waals surface area contributed by atoms with E-state index in [2.05, 4.69) is 6.92 Å². The zero-order valence-electron chi connectivity index (χ0n) is 14.5. The van der Waals surface area contributed by atoms with Gasteiger partial charge in [-0.2, -0.15) is 0 Å². The van der Waals surface area contributed by atoms with Crippen molar-refractivity contribution in [3.05, 3.63) is 54.1 Å². The maximum Gasteiger partial charge on any atom is 0.343 e. The van der Waals surface area contributed by atoms with E-state index in [-0.39, 0.29) is 10.6 Å². The van der Waals surface area contributed by atoms with Crippen LogP contribution in [0.5, 0.6) is 11.5 Å². The quantitative estimate of drug-likeness (QED) is 0.286. The highest BCUT2D eigenvalue weighted by atomic mass is 32.2. The molecule has 140 valence electrons. The fourth-order valence-electron chi connectivity index (χ4n) is 2.25. The summed E-state index contributed by atoms with van der Waals surface area (Å²) < 4.78 is 43.4. The number of ether oxygens (including phenoxy) is 2. The largest absolute Gasteiger partial charge is 0.744 e. The Bertz CT molecular complexity index is 810. The summed E-state index contributed by atoms with van der Waals surface area (Å²) in [5.41, 5.74) is 0.337. The first-order valence-electron chi connectivity index (χ1n) is 8.41. The SMILES string of the molecule is CCCCCCOc1ccc(C(=O)Oc2ccc(S(=O)(=O)[O-])cc2)cc1. The third-order valence-electron chi connectivity index (χ3n) is 3.68. The van der Waals surface area contributed by atoms with Crippen molar-refractivity contribution >= 4 is 16.1 Å². The summed E-state index contributed by atoms with van der Waals surface area (Å²) in [4.78, 5) is 11.7. The Kier molecular flexibility index (Phi) is 7.17. The normalized spacial score (nSPS) is 11.2. The van der Waals surface area contributed by atoms with Gasteiger partial charge in [-0.3, -0.25) is 0 Å². The van der Waals surface area contributed by atoms with Crippen molar-refractivity contribution in [1.82, 2.24) is 0 Å². The Morgan fingerprint density at radius 1 is 0.923 bits per heavy atom. The fourth-order valence-corrected chi connectivity index (χ4v) is 2.72. The predicted octanol–water partition coefficient (Wildman–Crippen LogP) is 3.77. The van der Waals surface area contributed by atoms with Gasteiger partial charge >= 0.3 is 5.97 Å². The summed E-state index contributed by atoms with van der Waals surface area (Å²) >= 11 is 0. The number of carbonyl (C=O) groups excluding carboxylic acids is 1. The van der Waals surface area contributed by atoms with E-state index in [0.717, 1.165) is 25.0 Å². The number of rotatable bonds is 9. The Labute approximate surface area is 153 Å². The van der Waals surface area contributed by atoms with Crippen LogP contribution in [0.2, 0.25) is 0 Å². The van der Waals surface area contributed by atoms with Gasteiger partial charge in [-0.1, -0.05) is 26.2 Å².